The molecule has 0 N–H and O–H groups in total. The van der Waals surface area contributed by atoms with E-state index in [-0.39, 0.29) is 5.91 Å². The minimum Gasteiger partial charge on any atom is -0.323 e. The molecule has 62 valence electrons. The summed E-state index contributed by atoms with van der Waals surface area (Å²) in [6.45, 7) is 3.52. The minimum absolute atomic E-state index is 0.0572. The Hall–Kier alpha value is -1.05. The Bertz CT molecular complexity index is 170. The average molecular weight is 153 g/mol. The van der Waals surface area contributed by atoms with Gasteiger partial charge in [0.25, 0.3) is 0 Å². The maximum atomic E-state index is 10.7. The summed E-state index contributed by atoms with van der Waals surface area (Å²) in [7, 11) is 1.74. The van der Waals surface area contributed by atoms with Crippen LogP contribution in [0.5, 0.6) is 0 Å². The van der Waals surface area contributed by atoms with Gasteiger partial charge in [-0.3, -0.25) is 4.79 Å². The molecule has 0 heterocycles. The number of hydrogen-bond acceptors (Lipinski definition) is 1. The van der Waals surface area contributed by atoms with Gasteiger partial charge in [0.1, 0.15) is 0 Å². The molecule has 0 aromatic rings. The Balaban J connectivity index is 3.65. The van der Waals surface area contributed by atoms with Crippen LogP contribution in [0.25, 0.3) is 0 Å². The summed E-state index contributed by atoms with van der Waals surface area (Å²) in [5.41, 5.74) is 0. The third-order valence-electron chi connectivity index (χ3n) is 1.33. The van der Waals surface area contributed by atoms with Crippen LogP contribution in [0.3, 0.4) is 0 Å². The van der Waals surface area contributed by atoms with Crippen molar-refractivity contribution >= 4 is 5.91 Å². The van der Waals surface area contributed by atoms with E-state index in [1.807, 2.05) is 25.2 Å². The highest BCUT2D eigenvalue weighted by atomic mass is 16.2. The standard InChI is InChI=1S/C9H15NO/c1-4-5-6-7-8-10(3)9(2)11/h4-5,7-8H,6H2,1-3H3/b5-4+,8-7-. The summed E-state index contributed by atoms with van der Waals surface area (Å²) in [5, 5.41) is 0. The van der Waals surface area contributed by atoms with Gasteiger partial charge in [0.15, 0.2) is 0 Å². The van der Waals surface area contributed by atoms with Crippen molar-refractivity contribution in [3.63, 3.8) is 0 Å². The second-order valence-corrected chi connectivity index (χ2v) is 2.32. The Morgan fingerprint density at radius 1 is 1.45 bits per heavy atom. The largest absolute Gasteiger partial charge is 0.323 e. The zero-order valence-corrected chi connectivity index (χ0v) is 7.37. The van der Waals surface area contributed by atoms with E-state index in [2.05, 4.69) is 0 Å². The van der Waals surface area contributed by atoms with Gasteiger partial charge in [-0.15, -0.1) is 0 Å². The van der Waals surface area contributed by atoms with E-state index in [4.69, 9.17) is 0 Å². The van der Waals surface area contributed by atoms with E-state index < -0.39 is 0 Å². The molecule has 0 aromatic heterocycles. The van der Waals surface area contributed by atoms with Gasteiger partial charge in [-0.1, -0.05) is 18.2 Å². The fourth-order valence-electron chi connectivity index (χ4n) is 0.539. The van der Waals surface area contributed by atoms with Crippen LogP contribution in [0.2, 0.25) is 0 Å². The van der Waals surface area contributed by atoms with E-state index >= 15 is 0 Å². The third-order valence-corrected chi connectivity index (χ3v) is 1.33. The lowest BCUT2D eigenvalue weighted by Gasteiger charge is -2.06. The van der Waals surface area contributed by atoms with Crippen molar-refractivity contribution in [3.05, 3.63) is 24.4 Å². The molecule has 0 aliphatic heterocycles. The highest BCUT2D eigenvalue weighted by Crippen LogP contribution is 1.89. The summed E-state index contributed by atoms with van der Waals surface area (Å²) < 4.78 is 0. The van der Waals surface area contributed by atoms with Crippen LogP contribution in [-0.2, 0) is 4.79 Å². The molecule has 2 nitrogen and oxygen atoms in total. The van der Waals surface area contributed by atoms with Crippen LogP contribution in [0, 0.1) is 0 Å². The van der Waals surface area contributed by atoms with Crippen LogP contribution in [0.4, 0.5) is 0 Å². The molecular weight excluding hydrogens is 138 g/mol. The molecule has 0 unspecified atom stereocenters. The van der Waals surface area contributed by atoms with Crippen molar-refractivity contribution in [1.29, 1.82) is 0 Å². The van der Waals surface area contributed by atoms with Crippen LogP contribution < -0.4 is 0 Å². The first kappa shape index (κ1) is 9.95. The van der Waals surface area contributed by atoms with E-state index in [9.17, 15) is 4.79 Å². The fraction of sp³-hybridized carbons (Fsp3) is 0.444. The molecule has 0 aromatic carbocycles. The zero-order chi connectivity index (χ0) is 8.69. The van der Waals surface area contributed by atoms with Gasteiger partial charge >= 0.3 is 0 Å². The van der Waals surface area contributed by atoms with Crippen molar-refractivity contribution in [3.8, 4) is 0 Å². The number of allylic oxidation sites excluding steroid dienone is 3. The molecule has 0 atom stereocenters. The zero-order valence-electron chi connectivity index (χ0n) is 7.37. The molecule has 0 spiro atoms. The van der Waals surface area contributed by atoms with Crippen LogP contribution >= 0.6 is 0 Å². The van der Waals surface area contributed by atoms with Gasteiger partial charge in [0, 0.05) is 20.2 Å². The summed E-state index contributed by atoms with van der Waals surface area (Å²) in [5.74, 6) is 0.0572. The van der Waals surface area contributed by atoms with Crippen molar-refractivity contribution in [2.45, 2.75) is 20.3 Å². The van der Waals surface area contributed by atoms with Crippen LogP contribution in [0.15, 0.2) is 24.4 Å². The predicted molar refractivity (Wildman–Crippen MR) is 47.0 cm³/mol. The summed E-state index contributed by atoms with van der Waals surface area (Å²) in [4.78, 5) is 12.2. The van der Waals surface area contributed by atoms with E-state index in [0.29, 0.717) is 0 Å². The van der Waals surface area contributed by atoms with Crippen molar-refractivity contribution in [1.82, 2.24) is 4.90 Å². The second kappa shape index (κ2) is 5.71. The molecule has 0 aliphatic rings. The number of carbonyl (C=O) groups is 1. The lowest BCUT2D eigenvalue weighted by Crippen LogP contribution is -2.16. The quantitative estimate of drug-likeness (QED) is 0.567. The van der Waals surface area contributed by atoms with E-state index in [0.717, 1.165) is 6.42 Å². The summed E-state index contributed by atoms with van der Waals surface area (Å²) in [6, 6.07) is 0. The first-order valence-electron chi connectivity index (χ1n) is 3.69. The van der Waals surface area contributed by atoms with Gasteiger partial charge in [0.05, 0.1) is 0 Å². The Labute approximate surface area is 68.2 Å². The molecule has 2 heteroatoms. The topological polar surface area (TPSA) is 20.3 Å². The summed E-state index contributed by atoms with van der Waals surface area (Å²) in [6.07, 6.45) is 8.63. The van der Waals surface area contributed by atoms with Gasteiger partial charge in [0.2, 0.25) is 5.91 Å². The molecule has 0 radical (unpaired) electrons. The molecule has 0 saturated heterocycles. The first-order valence-corrected chi connectivity index (χ1v) is 3.69. The normalized spacial score (nSPS) is 11.2. The van der Waals surface area contributed by atoms with Gasteiger partial charge in [-0.05, 0) is 13.3 Å². The predicted octanol–water partition coefficient (Wildman–Crippen LogP) is 1.94. The second-order valence-electron chi connectivity index (χ2n) is 2.32. The smallest absolute Gasteiger partial charge is 0.223 e. The van der Waals surface area contributed by atoms with Gasteiger partial charge < -0.3 is 4.90 Å². The third kappa shape index (κ3) is 5.40. The van der Waals surface area contributed by atoms with Crippen LogP contribution in [0.1, 0.15) is 20.3 Å². The highest BCUT2D eigenvalue weighted by molar-refractivity contribution is 5.73. The maximum absolute atomic E-state index is 10.7. The van der Waals surface area contributed by atoms with Crippen molar-refractivity contribution in [2.75, 3.05) is 7.05 Å². The van der Waals surface area contributed by atoms with Crippen molar-refractivity contribution in [2.24, 2.45) is 0 Å². The molecule has 0 rings (SSSR count). The SMILES string of the molecule is C/C=C/C/C=C\N(C)C(C)=O. The molecule has 0 fully saturated rings. The molecule has 0 aliphatic carbocycles. The molecule has 11 heavy (non-hydrogen) atoms. The Kier molecular flexibility index (Phi) is 5.17. The number of rotatable bonds is 3. The maximum Gasteiger partial charge on any atom is 0.223 e. The highest BCUT2D eigenvalue weighted by Gasteiger charge is 1.92. The molecule has 0 saturated carbocycles. The molecular formula is C9H15NO. The Morgan fingerprint density at radius 2 is 2.09 bits per heavy atom. The molecule has 0 bridgehead atoms. The minimum atomic E-state index is 0.0572. The number of carbonyl (C=O) groups excluding carboxylic acids is 1. The first-order chi connectivity index (χ1) is 5.18. The summed E-state index contributed by atoms with van der Waals surface area (Å²) >= 11 is 0. The fourth-order valence-corrected chi connectivity index (χ4v) is 0.539. The van der Waals surface area contributed by atoms with E-state index in [1.54, 1.807) is 25.1 Å². The van der Waals surface area contributed by atoms with Gasteiger partial charge in [-0.25, -0.2) is 0 Å². The van der Waals surface area contributed by atoms with Crippen LogP contribution in [-0.4, -0.2) is 17.9 Å². The van der Waals surface area contributed by atoms with Gasteiger partial charge in [-0.2, -0.15) is 0 Å². The lowest BCUT2D eigenvalue weighted by molar-refractivity contribution is -0.125. The number of hydrogen-bond donors (Lipinski definition) is 0. The number of nitrogens with zero attached hydrogens (tertiary/aromatic N) is 1. The number of amides is 1. The Morgan fingerprint density at radius 3 is 2.55 bits per heavy atom. The lowest BCUT2D eigenvalue weighted by atomic mass is 10.4. The molecule has 1 amide bonds. The van der Waals surface area contributed by atoms with Crippen molar-refractivity contribution < 1.29 is 4.79 Å². The average Bonchev–Trinajstić information content (AvgIpc) is 1.97. The monoisotopic (exact) mass is 153 g/mol. The van der Waals surface area contributed by atoms with E-state index in [1.165, 1.54) is 0 Å².